The van der Waals surface area contributed by atoms with Crippen molar-refractivity contribution in [2.24, 2.45) is 11.5 Å². The number of nitrogens with two attached hydrogens (primary N) is 2. The largest absolute Gasteiger partial charge is 0.330 e. The molecule has 0 radical (unpaired) electrons. The van der Waals surface area contributed by atoms with E-state index in [0.717, 1.165) is 99.3 Å². The van der Waals surface area contributed by atoms with Crippen LogP contribution in [0.25, 0.3) is 12.2 Å². The molecule has 0 spiro atoms. The zero-order chi connectivity index (χ0) is 37.3. The maximum absolute atomic E-state index is 13.4. The second-order valence-corrected chi connectivity index (χ2v) is 14.3. The summed E-state index contributed by atoms with van der Waals surface area (Å²) < 4.78 is 0. The number of hydrogen-bond acceptors (Lipinski definition) is 6. The van der Waals surface area contributed by atoms with Gasteiger partial charge < -0.3 is 21.3 Å². The Bertz CT molecular complexity index is 1350. The molecule has 6 amide bonds. The smallest absolute Gasteiger partial charge is 0.327 e. The summed E-state index contributed by atoms with van der Waals surface area (Å²) in [6.07, 6.45) is 16.8. The van der Waals surface area contributed by atoms with Crippen LogP contribution in [0.1, 0.15) is 126 Å². The third-order valence-electron chi connectivity index (χ3n) is 10.3. The van der Waals surface area contributed by atoms with Crippen molar-refractivity contribution in [2.75, 3.05) is 26.2 Å². The average Bonchev–Trinajstić information content (AvgIpc) is 3.50. The molecule has 10 nitrogen and oxygen atoms in total. The van der Waals surface area contributed by atoms with Gasteiger partial charge in [-0.1, -0.05) is 113 Å². The second-order valence-electron chi connectivity index (χ2n) is 14.3. The predicted molar refractivity (Wildman–Crippen MR) is 209 cm³/mol. The summed E-state index contributed by atoms with van der Waals surface area (Å²) in [7, 11) is 0. The Balaban J connectivity index is 1.36. The summed E-state index contributed by atoms with van der Waals surface area (Å²) in [6, 6.07) is 15.0. The second kappa shape index (κ2) is 21.5. The van der Waals surface area contributed by atoms with Crippen LogP contribution >= 0.6 is 0 Å². The molecule has 0 unspecified atom stereocenters. The van der Waals surface area contributed by atoms with E-state index >= 15 is 0 Å². The van der Waals surface area contributed by atoms with E-state index in [0.29, 0.717) is 52.1 Å². The van der Waals surface area contributed by atoms with Gasteiger partial charge in [0.2, 0.25) is 0 Å². The van der Waals surface area contributed by atoms with E-state index < -0.39 is 12.1 Å². The lowest BCUT2D eigenvalue weighted by atomic mass is 10.1. The minimum Gasteiger partial charge on any atom is -0.330 e. The summed E-state index contributed by atoms with van der Waals surface area (Å²) in [5, 5.41) is 0. The van der Waals surface area contributed by atoms with Gasteiger partial charge in [0.1, 0.15) is 12.1 Å². The van der Waals surface area contributed by atoms with Gasteiger partial charge in [0.15, 0.2) is 0 Å². The first-order chi connectivity index (χ1) is 25.3. The number of nitrogens with zero attached hydrogens (tertiary/aromatic N) is 4. The van der Waals surface area contributed by atoms with Gasteiger partial charge in [0, 0.05) is 26.2 Å². The number of unbranched alkanes of at least 4 members (excludes halogenated alkanes) is 8. The fraction of sp³-hybridized carbons (Fsp3) is 0.571. The lowest BCUT2D eigenvalue weighted by Gasteiger charge is -2.22. The minimum absolute atomic E-state index is 0.0771. The van der Waals surface area contributed by atoms with E-state index in [2.05, 4.69) is 13.8 Å². The maximum Gasteiger partial charge on any atom is 0.327 e. The Morgan fingerprint density at radius 3 is 1.25 bits per heavy atom. The lowest BCUT2D eigenvalue weighted by molar-refractivity contribution is -0.129. The fourth-order valence-corrected chi connectivity index (χ4v) is 7.13. The summed E-state index contributed by atoms with van der Waals surface area (Å²) in [4.78, 5) is 59.8. The first-order valence-corrected chi connectivity index (χ1v) is 19.8. The molecule has 2 atom stereocenters. The van der Waals surface area contributed by atoms with E-state index in [1.807, 2.05) is 60.7 Å². The number of urea groups is 2. The average molecular weight is 715 g/mol. The molecule has 2 aliphatic rings. The topological polar surface area (TPSA) is 133 Å². The molecule has 2 aromatic rings. The highest BCUT2D eigenvalue weighted by Gasteiger charge is 2.45. The molecule has 2 fully saturated rings. The Morgan fingerprint density at radius 1 is 0.519 bits per heavy atom. The molecule has 2 saturated heterocycles. The lowest BCUT2D eigenvalue weighted by Crippen LogP contribution is -2.35. The van der Waals surface area contributed by atoms with Crippen molar-refractivity contribution < 1.29 is 19.2 Å². The molecule has 4 rings (SSSR count). The Labute approximate surface area is 311 Å². The van der Waals surface area contributed by atoms with Crippen LogP contribution in [0.3, 0.4) is 0 Å². The molecular weight excluding hydrogens is 653 g/mol. The van der Waals surface area contributed by atoms with Gasteiger partial charge in [-0.25, -0.2) is 9.59 Å². The van der Waals surface area contributed by atoms with Gasteiger partial charge in [0.25, 0.3) is 11.8 Å². The van der Waals surface area contributed by atoms with Crippen LogP contribution in [0.4, 0.5) is 9.59 Å². The van der Waals surface area contributed by atoms with Gasteiger partial charge in [-0.3, -0.25) is 19.4 Å². The van der Waals surface area contributed by atoms with E-state index in [1.165, 1.54) is 9.80 Å². The number of imide groups is 2. The first kappa shape index (κ1) is 40.7. The van der Waals surface area contributed by atoms with Crippen molar-refractivity contribution in [3.05, 3.63) is 70.8 Å². The van der Waals surface area contributed by atoms with Crippen molar-refractivity contribution in [3.8, 4) is 0 Å². The Kier molecular flexibility index (Phi) is 16.8. The number of rotatable bonds is 24. The van der Waals surface area contributed by atoms with Crippen molar-refractivity contribution >= 4 is 36.0 Å². The molecule has 52 heavy (non-hydrogen) atoms. The van der Waals surface area contributed by atoms with Crippen molar-refractivity contribution in [1.29, 1.82) is 0 Å². The fourth-order valence-electron chi connectivity index (χ4n) is 7.13. The SMILES string of the molecule is CCCCCCN1C(=O)[C@H](CCCCN)N(Cc2ccc(/C=C/c3ccc(CN4C(=O)N(CCCCCC)C(=O)[C@@H]4CCCCN)cc3)cc2)C1=O. The molecule has 0 aromatic heterocycles. The third kappa shape index (κ3) is 11.2. The van der Waals surface area contributed by atoms with Gasteiger partial charge in [-0.05, 0) is 86.7 Å². The summed E-state index contributed by atoms with van der Waals surface area (Å²) in [6.45, 7) is 7.20. The molecule has 0 bridgehead atoms. The van der Waals surface area contributed by atoms with Crippen molar-refractivity contribution in [2.45, 2.75) is 129 Å². The zero-order valence-corrected chi connectivity index (χ0v) is 31.6. The van der Waals surface area contributed by atoms with Crippen molar-refractivity contribution in [1.82, 2.24) is 19.6 Å². The normalized spacial score (nSPS) is 17.9. The first-order valence-electron chi connectivity index (χ1n) is 19.8. The highest BCUT2D eigenvalue weighted by atomic mass is 16.2. The number of benzene rings is 2. The van der Waals surface area contributed by atoms with Gasteiger partial charge in [-0.2, -0.15) is 0 Å². The molecule has 0 aliphatic carbocycles. The standard InChI is InChI=1S/C42H62N6O4/c1-3-5-7-13-29-45-39(49)37(15-9-11-27-43)47(41(45)51)31-35-23-19-33(20-24-35)17-18-34-21-25-36(26-22-34)32-48-38(16-10-12-28-44)40(50)46(42(48)52)30-14-8-6-4-2/h17-26,37-38H,3-16,27-32,43-44H2,1-2H3/b18-17+/t37-,38-/m0/s1. The molecule has 2 aliphatic heterocycles. The molecule has 10 heteroatoms. The molecule has 0 saturated carbocycles. The van der Waals surface area contributed by atoms with Crippen LogP contribution in [0.15, 0.2) is 48.5 Å². The Hall–Kier alpha value is -4.02. The zero-order valence-electron chi connectivity index (χ0n) is 31.6. The number of hydrogen-bond donors (Lipinski definition) is 2. The van der Waals surface area contributed by atoms with Gasteiger partial charge in [-0.15, -0.1) is 0 Å². The summed E-state index contributed by atoms with van der Waals surface area (Å²) in [5.74, 6) is -0.154. The third-order valence-corrected chi connectivity index (χ3v) is 10.3. The van der Waals surface area contributed by atoms with E-state index in [-0.39, 0.29) is 23.9 Å². The molecule has 284 valence electrons. The highest BCUT2D eigenvalue weighted by Crippen LogP contribution is 2.27. The van der Waals surface area contributed by atoms with Crippen LogP contribution in [0.2, 0.25) is 0 Å². The quantitative estimate of drug-likeness (QED) is 0.0656. The van der Waals surface area contributed by atoms with E-state index in [9.17, 15) is 19.2 Å². The van der Waals surface area contributed by atoms with E-state index in [1.54, 1.807) is 9.80 Å². The monoisotopic (exact) mass is 714 g/mol. The van der Waals surface area contributed by atoms with Crippen LogP contribution in [-0.4, -0.2) is 81.7 Å². The molecule has 4 N–H and O–H groups in total. The van der Waals surface area contributed by atoms with Crippen LogP contribution in [0, 0.1) is 0 Å². The summed E-state index contributed by atoms with van der Waals surface area (Å²) in [5.41, 5.74) is 15.4. The van der Waals surface area contributed by atoms with Gasteiger partial charge >= 0.3 is 12.1 Å². The maximum atomic E-state index is 13.4. The van der Waals surface area contributed by atoms with Crippen LogP contribution < -0.4 is 11.5 Å². The number of amides is 6. The van der Waals surface area contributed by atoms with Gasteiger partial charge in [0.05, 0.1) is 0 Å². The highest BCUT2D eigenvalue weighted by molar-refractivity contribution is 6.04. The van der Waals surface area contributed by atoms with Crippen LogP contribution in [0.5, 0.6) is 0 Å². The minimum atomic E-state index is -0.437. The van der Waals surface area contributed by atoms with E-state index in [4.69, 9.17) is 11.5 Å². The summed E-state index contributed by atoms with van der Waals surface area (Å²) >= 11 is 0. The predicted octanol–water partition coefficient (Wildman–Crippen LogP) is 7.54. The molecular formula is C42H62N6O4. The molecule has 2 heterocycles. The van der Waals surface area contributed by atoms with Crippen LogP contribution in [-0.2, 0) is 22.7 Å². The Morgan fingerprint density at radius 2 is 0.904 bits per heavy atom. The number of carbonyl (C=O) groups is 4. The molecule has 2 aromatic carbocycles. The number of carbonyl (C=O) groups excluding carboxylic acids is 4. The van der Waals surface area contributed by atoms with Crippen molar-refractivity contribution in [3.63, 3.8) is 0 Å².